The number of nitrogens with zero attached hydrogens (tertiary/aromatic N) is 1. The number of carbonyl (C=O) groups is 1. The van der Waals surface area contributed by atoms with Gasteiger partial charge in [0.05, 0.1) is 4.92 Å². The topological polar surface area (TPSA) is 98.3 Å². The van der Waals surface area contributed by atoms with Gasteiger partial charge in [-0.1, -0.05) is 11.6 Å². The quantitative estimate of drug-likeness (QED) is 0.642. The predicted molar refractivity (Wildman–Crippen MR) is 74.4 cm³/mol. The summed E-state index contributed by atoms with van der Waals surface area (Å²) in [6.45, 7) is 3.49. The van der Waals surface area contributed by atoms with E-state index in [0.29, 0.717) is 24.1 Å². The van der Waals surface area contributed by atoms with Gasteiger partial charge in [0.15, 0.2) is 0 Å². The lowest BCUT2D eigenvalue weighted by Crippen LogP contribution is -2.19. The zero-order valence-corrected chi connectivity index (χ0v) is 11.5. The first-order chi connectivity index (χ1) is 8.81. The number of nitro benzene ring substituents is 1. The van der Waals surface area contributed by atoms with Crippen LogP contribution in [-0.4, -0.2) is 16.9 Å². The van der Waals surface area contributed by atoms with Gasteiger partial charge in [0.25, 0.3) is 5.69 Å². The molecule has 6 nitrogen and oxygen atoms in total. The largest absolute Gasteiger partial charge is 0.328 e. The van der Waals surface area contributed by atoms with E-state index in [0.717, 1.165) is 0 Å². The molecule has 0 aromatic heterocycles. The number of hydrogen-bond donors (Lipinski definition) is 2. The Hall–Kier alpha value is -1.66. The summed E-state index contributed by atoms with van der Waals surface area (Å²) in [5.41, 5.74) is 6.46. The number of aryl methyl sites for hydroxylation is 1. The lowest BCUT2D eigenvalue weighted by atomic mass is 10.1. The highest BCUT2D eigenvalue weighted by Gasteiger charge is 2.16. The second-order valence-electron chi connectivity index (χ2n) is 4.44. The maximum atomic E-state index is 11.7. The van der Waals surface area contributed by atoms with Crippen LogP contribution in [0.5, 0.6) is 0 Å². The maximum absolute atomic E-state index is 11.7. The second kappa shape index (κ2) is 6.49. The van der Waals surface area contributed by atoms with Crippen LogP contribution in [0.4, 0.5) is 11.4 Å². The molecule has 7 heteroatoms. The normalized spacial score (nSPS) is 12.0. The standard InChI is InChI=1S/C12H16ClN3O3/c1-7-5-11(16(18)19)9(13)6-10(7)15-12(17)4-3-8(2)14/h5-6,8H,3-4,14H2,1-2H3,(H,15,17). The summed E-state index contributed by atoms with van der Waals surface area (Å²) in [4.78, 5) is 21.8. The van der Waals surface area contributed by atoms with Crippen LogP contribution in [-0.2, 0) is 4.79 Å². The van der Waals surface area contributed by atoms with Crippen molar-refractivity contribution in [3.63, 3.8) is 0 Å². The van der Waals surface area contributed by atoms with Crippen LogP contribution in [0.15, 0.2) is 12.1 Å². The Morgan fingerprint density at radius 2 is 2.21 bits per heavy atom. The number of halogens is 1. The molecule has 1 rings (SSSR count). The van der Waals surface area contributed by atoms with Crippen molar-refractivity contribution in [3.8, 4) is 0 Å². The fourth-order valence-corrected chi connectivity index (χ4v) is 1.74. The Morgan fingerprint density at radius 3 is 2.74 bits per heavy atom. The highest BCUT2D eigenvalue weighted by Crippen LogP contribution is 2.30. The molecule has 104 valence electrons. The molecule has 0 saturated carbocycles. The number of nitro groups is 1. The van der Waals surface area contributed by atoms with Gasteiger partial charge in [-0.25, -0.2) is 0 Å². The lowest BCUT2D eigenvalue weighted by Gasteiger charge is -2.10. The summed E-state index contributed by atoms with van der Waals surface area (Å²) >= 11 is 5.79. The first-order valence-corrected chi connectivity index (χ1v) is 6.19. The SMILES string of the molecule is Cc1cc([N+](=O)[O-])c(Cl)cc1NC(=O)CCC(C)N. The molecule has 0 saturated heterocycles. The monoisotopic (exact) mass is 285 g/mol. The fourth-order valence-electron chi connectivity index (χ4n) is 1.51. The third kappa shape index (κ3) is 4.50. The summed E-state index contributed by atoms with van der Waals surface area (Å²) in [6.07, 6.45) is 0.872. The molecular formula is C12H16ClN3O3. The third-order valence-electron chi connectivity index (χ3n) is 2.59. The number of nitrogens with two attached hydrogens (primary N) is 1. The van der Waals surface area contributed by atoms with Crippen LogP contribution >= 0.6 is 11.6 Å². The van der Waals surface area contributed by atoms with Crippen molar-refractivity contribution in [3.05, 3.63) is 32.8 Å². The first kappa shape index (κ1) is 15.4. The van der Waals surface area contributed by atoms with Gasteiger partial charge in [0.1, 0.15) is 5.02 Å². The third-order valence-corrected chi connectivity index (χ3v) is 2.89. The van der Waals surface area contributed by atoms with E-state index in [1.165, 1.54) is 12.1 Å². The highest BCUT2D eigenvalue weighted by atomic mass is 35.5. The summed E-state index contributed by atoms with van der Waals surface area (Å²) in [5.74, 6) is -0.190. The summed E-state index contributed by atoms with van der Waals surface area (Å²) in [5, 5.41) is 13.4. The van der Waals surface area contributed by atoms with E-state index < -0.39 is 4.92 Å². The highest BCUT2D eigenvalue weighted by molar-refractivity contribution is 6.33. The molecule has 0 heterocycles. The number of benzene rings is 1. The van der Waals surface area contributed by atoms with Gasteiger partial charge < -0.3 is 11.1 Å². The molecule has 0 aliphatic carbocycles. The molecule has 1 aromatic carbocycles. The van der Waals surface area contributed by atoms with Crippen molar-refractivity contribution in [1.29, 1.82) is 0 Å². The Balaban J connectivity index is 2.82. The van der Waals surface area contributed by atoms with Crippen molar-refractivity contribution in [2.45, 2.75) is 32.7 Å². The van der Waals surface area contributed by atoms with E-state index in [9.17, 15) is 14.9 Å². The summed E-state index contributed by atoms with van der Waals surface area (Å²) in [7, 11) is 0. The Kier molecular flexibility index (Phi) is 5.26. The molecule has 0 bridgehead atoms. The molecule has 0 aliphatic rings. The molecule has 0 spiro atoms. The molecule has 1 aromatic rings. The van der Waals surface area contributed by atoms with Crippen LogP contribution in [0.25, 0.3) is 0 Å². The maximum Gasteiger partial charge on any atom is 0.288 e. The van der Waals surface area contributed by atoms with Crippen LogP contribution in [0.3, 0.4) is 0 Å². The molecule has 1 amide bonds. The molecule has 0 fully saturated rings. The molecule has 1 unspecified atom stereocenters. The zero-order chi connectivity index (χ0) is 14.6. The molecule has 19 heavy (non-hydrogen) atoms. The van der Waals surface area contributed by atoms with Crippen molar-refractivity contribution in [2.24, 2.45) is 5.73 Å². The van der Waals surface area contributed by atoms with E-state index in [1.807, 2.05) is 6.92 Å². The molecule has 0 radical (unpaired) electrons. The number of amides is 1. The van der Waals surface area contributed by atoms with E-state index in [4.69, 9.17) is 17.3 Å². The van der Waals surface area contributed by atoms with Crippen LogP contribution in [0.1, 0.15) is 25.3 Å². The van der Waals surface area contributed by atoms with Gasteiger partial charge in [0.2, 0.25) is 5.91 Å². The van der Waals surface area contributed by atoms with Gasteiger partial charge in [-0.15, -0.1) is 0 Å². The van der Waals surface area contributed by atoms with Crippen LogP contribution < -0.4 is 11.1 Å². The van der Waals surface area contributed by atoms with Gasteiger partial charge in [-0.3, -0.25) is 14.9 Å². The Bertz CT molecular complexity index is 503. The molecule has 3 N–H and O–H groups in total. The number of nitrogens with one attached hydrogen (secondary N) is 1. The number of rotatable bonds is 5. The van der Waals surface area contributed by atoms with Crippen molar-refractivity contribution in [1.82, 2.24) is 0 Å². The first-order valence-electron chi connectivity index (χ1n) is 5.81. The van der Waals surface area contributed by atoms with E-state index in [1.54, 1.807) is 6.92 Å². The van der Waals surface area contributed by atoms with Gasteiger partial charge in [0, 0.05) is 24.2 Å². The smallest absolute Gasteiger partial charge is 0.288 e. The fraction of sp³-hybridized carbons (Fsp3) is 0.417. The second-order valence-corrected chi connectivity index (χ2v) is 4.85. The minimum atomic E-state index is -0.558. The lowest BCUT2D eigenvalue weighted by molar-refractivity contribution is -0.384. The van der Waals surface area contributed by atoms with Gasteiger partial charge in [-0.05, 0) is 31.9 Å². The van der Waals surface area contributed by atoms with Crippen LogP contribution in [0.2, 0.25) is 5.02 Å². The molecule has 1 atom stereocenters. The number of carbonyl (C=O) groups excluding carboxylic acids is 1. The number of anilines is 1. The summed E-state index contributed by atoms with van der Waals surface area (Å²) < 4.78 is 0. The van der Waals surface area contributed by atoms with E-state index in [2.05, 4.69) is 5.32 Å². The van der Waals surface area contributed by atoms with Crippen molar-refractivity contribution >= 4 is 28.9 Å². The average Bonchev–Trinajstić information content (AvgIpc) is 2.30. The van der Waals surface area contributed by atoms with Crippen molar-refractivity contribution in [2.75, 3.05) is 5.32 Å². The van der Waals surface area contributed by atoms with E-state index >= 15 is 0 Å². The zero-order valence-electron chi connectivity index (χ0n) is 10.8. The molecular weight excluding hydrogens is 270 g/mol. The minimum Gasteiger partial charge on any atom is -0.328 e. The van der Waals surface area contributed by atoms with Gasteiger partial charge >= 0.3 is 0 Å². The Labute approximate surface area is 116 Å². The summed E-state index contributed by atoms with van der Waals surface area (Å²) in [6, 6.07) is 2.68. The van der Waals surface area contributed by atoms with Crippen LogP contribution in [0, 0.1) is 17.0 Å². The minimum absolute atomic E-state index is 0.00177. The Morgan fingerprint density at radius 1 is 1.58 bits per heavy atom. The van der Waals surface area contributed by atoms with E-state index in [-0.39, 0.29) is 22.7 Å². The molecule has 0 aliphatic heterocycles. The van der Waals surface area contributed by atoms with Gasteiger partial charge in [-0.2, -0.15) is 0 Å². The van der Waals surface area contributed by atoms with Crippen molar-refractivity contribution < 1.29 is 9.72 Å². The number of hydrogen-bond acceptors (Lipinski definition) is 4. The average molecular weight is 286 g/mol. The predicted octanol–water partition coefficient (Wildman–Crippen LogP) is 2.62.